The molecular formula is C30H29FN6O4S. The number of aromatic nitrogens is 3. The van der Waals surface area contributed by atoms with Crippen LogP contribution in [0.1, 0.15) is 39.8 Å². The molecule has 0 aliphatic carbocycles. The van der Waals surface area contributed by atoms with E-state index in [-0.39, 0.29) is 36.0 Å². The molecule has 0 unspecified atom stereocenters. The SMILES string of the molecule is COc1ccc(C2=NN(C(=O)CSc3nnc(CNC(=O)c4cccc(OC)c4)n3C)[C@@H](c3ccc(F)cc3)C2)cc1. The van der Waals surface area contributed by atoms with Crippen LogP contribution in [-0.2, 0) is 18.4 Å². The minimum atomic E-state index is -0.377. The van der Waals surface area contributed by atoms with Gasteiger partial charge < -0.3 is 19.4 Å². The van der Waals surface area contributed by atoms with Crippen LogP contribution in [-0.4, -0.2) is 57.3 Å². The van der Waals surface area contributed by atoms with E-state index in [0.29, 0.717) is 28.7 Å². The van der Waals surface area contributed by atoms with Crippen molar-refractivity contribution >= 4 is 29.3 Å². The van der Waals surface area contributed by atoms with Gasteiger partial charge in [0.2, 0.25) is 0 Å². The average Bonchev–Trinajstić information content (AvgIpc) is 3.63. The number of hydrazone groups is 1. The topological polar surface area (TPSA) is 111 Å². The predicted octanol–water partition coefficient (Wildman–Crippen LogP) is 4.37. The Balaban J connectivity index is 1.26. The van der Waals surface area contributed by atoms with Crippen LogP contribution in [0.15, 0.2) is 83.1 Å². The minimum Gasteiger partial charge on any atom is -0.497 e. The first-order chi connectivity index (χ1) is 20.4. The van der Waals surface area contributed by atoms with Crippen molar-refractivity contribution in [2.45, 2.75) is 24.2 Å². The summed E-state index contributed by atoms with van der Waals surface area (Å²) in [5.41, 5.74) is 2.88. The fourth-order valence-corrected chi connectivity index (χ4v) is 5.27. The molecule has 5 rings (SSSR count). The van der Waals surface area contributed by atoms with E-state index >= 15 is 0 Å². The number of amides is 2. The van der Waals surface area contributed by atoms with E-state index in [2.05, 4.69) is 20.6 Å². The van der Waals surface area contributed by atoms with Gasteiger partial charge in [0, 0.05) is 19.0 Å². The highest BCUT2D eigenvalue weighted by molar-refractivity contribution is 7.99. The fourth-order valence-electron chi connectivity index (χ4n) is 4.49. The quantitative estimate of drug-likeness (QED) is 0.274. The number of nitrogens with one attached hydrogen (secondary N) is 1. The zero-order valence-electron chi connectivity index (χ0n) is 23.3. The molecule has 12 heteroatoms. The number of carbonyl (C=O) groups excluding carboxylic acids is 2. The molecule has 4 aromatic rings. The van der Waals surface area contributed by atoms with Crippen LogP contribution in [0.5, 0.6) is 11.5 Å². The summed E-state index contributed by atoms with van der Waals surface area (Å²) < 4.78 is 25.8. The summed E-state index contributed by atoms with van der Waals surface area (Å²) in [5.74, 6) is 1.05. The zero-order chi connectivity index (χ0) is 29.6. The standard InChI is InChI=1S/C30H29FN6O4S/c1-36-27(17-32-29(39)21-5-4-6-24(15-21)41-3)33-34-30(36)42-18-28(38)37-26(20-7-11-22(31)12-8-20)16-25(35-37)19-9-13-23(40-2)14-10-19/h4-15,26H,16-18H2,1-3H3,(H,32,39)/t26-/m1/s1. The fraction of sp³-hybridized carbons (Fsp3) is 0.233. The van der Waals surface area contributed by atoms with Gasteiger partial charge in [0.15, 0.2) is 11.0 Å². The molecule has 1 N–H and O–H groups in total. The largest absolute Gasteiger partial charge is 0.497 e. The molecule has 0 saturated heterocycles. The Bertz CT molecular complexity index is 1610. The minimum absolute atomic E-state index is 0.0548. The molecule has 0 spiro atoms. The number of hydrogen-bond donors (Lipinski definition) is 1. The highest BCUT2D eigenvalue weighted by atomic mass is 32.2. The van der Waals surface area contributed by atoms with Gasteiger partial charge in [-0.25, -0.2) is 9.40 Å². The molecule has 0 fully saturated rings. The summed E-state index contributed by atoms with van der Waals surface area (Å²) in [6, 6.07) is 20.1. The van der Waals surface area contributed by atoms with E-state index in [0.717, 1.165) is 22.6 Å². The van der Waals surface area contributed by atoms with E-state index in [1.54, 1.807) is 62.2 Å². The van der Waals surface area contributed by atoms with Crippen LogP contribution in [0.2, 0.25) is 0 Å². The van der Waals surface area contributed by atoms with Crippen molar-refractivity contribution < 1.29 is 23.5 Å². The van der Waals surface area contributed by atoms with E-state index in [4.69, 9.17) is 9.47 Å². The number of methoxy groups -OCH3 is 2. The summed E-state index contributed by atoms with van der Waals surface area (Å²) in [6.45, 7) is 0.155. The smallest absolute Gasteiger partial charge is 0.253 e. The molecule has 2 heterocycles. The molecule has 3 aromatic carbocycles. The Hall–Kier alpha value is -4.71. The third-order valence-corrected chi connectivity index (χ3v) is 7.84. The molecule has 1 aromatic heterocycles. The summed E-state index contributed by atoms with van der Waals surface area (Å²) in [6.07, 6.45) is 0.482. The van der Waals surface area contributed by atoms with Gasteiger partial charge in [-0.05, 0) is 65.7 Å². The van der Waals surface area contributed by atoms with Gasteiger partial charge in [-0.1, -0.05) is 30.0 Å². The highest BCUT2D eigenvalue weighted by Gasteiger charge is 2.33. The molecule has 42 heavy (non-hydrogen) atoms. The number of ether oxygens (including phenoxy) is 2. The van der Waals surface area contributed by atoms with Gasteiger partial charge in [-0.3, -0.25) is 9.59 Å². The maximum absolute atomic E-state index is 13.6. The number of thioether (sulfide) groups is 1. The van der Waals surface area contributed by atoms with Gasteiger partial charge in [-0.2, -0.15) is 5.10 Å². The van der Waals surface area contributed by atoms with Crippen molar-refractivity contribution in [3.63, 3.8) is 0 Å². The predicted molar refractivity (Wildman–Crippen MR) is 156 cm³/mol. The maximum atomic E-state index is 13.6. The van der Waals surface area contributed by atoms with E-state index in [9.17, 15) is 14.0 Å². The maximum Gasteiger partial charge on any atom is 0.253 e. The number of rotatable bonds is 10. The molecule has 1 aliphatic heterocycles. The molecule has 216 valence electrons. The lowest BCUT2D eigenvalue weighted by Gasteiger charge is -2.22. The van der Waals surface area contributed by atoms with Crippen LogP contribution in [0.25, 0.3) is 0 Å². The summed E-state index contributed by atoms with van der Waals surface area (Å²) in [7, 11) is 4.92. The number of nitrogens with zero attached hydrogens (tertiary/aromatic N) is 5. The second-order valence-corrected chi connectivity index (χ2v) is 10.4. The Morgan fingerprint density at radius 1 is 1.00 bits per heavy atom. The van der Waals surface area contributed by atoms with E-state index < -0.39 is 0 Å². The summed E-state index contributed by atoms with van der Waals surface area (Å²) in [5, 5.41) is 17.9. The van der Waals surface area contributed by atoms with Gasteiger partial charge in [0.25, 0.3) is 11.8 Å². The van der Waals surface area contributed by atoms with Crippen molar-refractivity contribution in [2.24, 2.45) is 12.1 Å². The lowest BCUT2D eigenvalue weighted by molar-refractivity contribution is -0.130. The molecule has 10 nitrogen and oxygen atoms in total. The molecule has 2 amide bonds. The monoisotopic (exact) mass is 588 g/mol. The van der Waals surface area contributed by atoms with Crippen molar-refractivity contribution in [1.82, 2.24) is 25.1 Å². The average molecular weight is 589 g/mol. The third-order valence-electron chi connectivity index (χ3n) is 6.83. The molecule has 1 aliphatic rings. The van der Waals surface area contributed by atoms with E-state index in [1.165, 1.54) is 28.9 Å². The van der Waals surface area contributed by atoms with Crippen molar-refractivity contribution in [2.75, 3.05) is 20.0 Å². The van der Waals surface area contributed by atoms with Crippen LogP contribution in [0, 0.1) is 5.82 Å². The summed E-state index contributed by atoms with van der Waals surface area (Å²) >= 11 is 1.22. The van der Waals surface area contributed by atoms with Crippen molar-refractivity contribution in [3.8, 4) is 11.5 Å². The van der Waals surface area contributed by atoms with Crippen LogP contribution in [0.4, 0.5) is 4.39 Å². The zero-order valence-corrected chi connectivity index (χ0v) is 24.1. The highest BCUT2D eigenvalue weighted by Crippen LogP contribution is 2.34. The van der Waals surface area contributed by atoms with Gasteiger partial charge in [0.1, 0.15) is 17.3 Å². The molecule has 0 bridgehead atoms. The van der Waals surface area contributed by atoms with Crippen LogP contribution in [0.3, 0.4) is 0 Å². The van der Waals surface area contributed by atoms with Crippen LogP contribution >= 0.6 is 11.8 Å². The van der Waals surface area contributed by atoms with Crippen LogP contribution < -0.4 is 14.8 Å². The van der Waals surface area contributed by atoms with Crippen molar-refractivity contribution in [3.05, 3.63) is 101 Å². The normalized spacial score (nSPS) is 14.4. The second kappa shape index (κ2) is 12.9. The number of hydrogen-bond acceptors (Lipinski definition) is 8. The second-order valence-electron chi connectivity index (χ2n) is 9.45. The summed E-state index contributed by atoms with van der Waals surface area (Å²) in [4.78, 5) is 26.0. The Labute approximate surface area is 246 Å². The lowest BCUT2D eigenvalue weighted by atomic mass is 9.98. The van der Waals surface area contributed by atoms with E-state index in [1.807, 2.05) is 24.3 Å². The Morgan fingerprint density at radius 3 is 2.45 bits per heavy atom. The Kier molecular flexibility index (Phi) is 8.82. The van der Waals surface area contributed by atoms with Gasteiger partial charge >= 0.3 is 0 Å². The first-order valence-corrected chi connectivity index (χ1v) is 14.1. The third kappa shape index (κ3) is 6.44. The molecule has 0 saturated carbocycles. The number of halogens is 1. The number of benzene rings is 3. The lowest BCUT2D eigenvalue weighted by Crippen LogP contribution is -2.28. The molecular weight excluding hydrogens is 559 g/mol. The molecule has 1 atom stereocenters. The van der Waals surface area contributed by atoms with Crippen molar-refractivity contribution in [1.29, 1.82) is 0 Å². The first-order valence-electron chi connectivity index (χ1n) is 13.1. The Morgan fingerprint density at radius 2 is 1.74 bits per heavy atom. The van der Waals surface area contributed by atoms with Gasteiger partial charge in [-0.15, -0.1) is 10.2 Å². The first kappa shape index (κ1) is 28.8. The molecule has 0 radical (unpaired) electrons. The number of carbonyl (C=O) groups is 2. The van der Waals surface area contributed by atoms with Gasteiger partial charge in [0.05, 0.1) is 38.3 Å².